The van der Waals surface area contributed by atoms with Gasteiger partial charge < -0.3 is 10.4 Å². The maximum Gasteiger partial charge on any atom is 0.320 e. The van der Waals surface area contributed by atoms with Gasteiger partial charge in [-0.25, -0.2) is 0 Å². The van der Waals surface area contributed by atoms with Gasteiger partial charge in [0, 0.05) is 0 Å². The van der Waals surface area contributed by atoms with E-state index >= 15 is 0 Å². The second-order valence-corrected chi connectivity index (χ2v) is 4.32. The monoisotopic (exact) mass is 209 g/mol. The quantitative estimate of drug-likeness (QED) is 0.744. The predicted molar refractivity (Wildman–Crippen MR) is 56.4 cm³/mol. The number of carboxylic acids is 1. The molecule has 0 aromatic carbocycles. The van der Waals surface area contributed by atoms with E-state index in [2.05, 4.69) is 26.1 Å². The smallest absolute Gasteiger partial charge is 0.320 e. The first-order chi connectivity index (χ1) is 5.33. The van der Waals surface area contributed by atoms with Gasteiger partial charge in [0.25, 0.3) is 0 Å². The molecule has 3 nitrogen and oxygen atoms in total. The summed E-state index contributed by atoms with van der Waals surface area (Å²) >= 11 is 0. The molecule has 4 heteroatoms. The Morgan fingerprint density at radius 2 is 1.92 bits per heavy atom. The highest BCUT2D eigenvalue weighted by Crippen LogP contribution is 2.16. The Balaban J connectivity index is 0. The van der Waals surface area contributed by atoms with Crippen LogP contribution in [0.3, 0.4) is 0 Å². The minimum absolute atomic E-state index is 0. The largest absolute Gasteiger partial charge is 0.480 e. The lowest BCUT2D eigenvalue weighted by Gasteiger charge is -2.19. The molecule has 0 rings (SSSR count). The molecule has 13 heavy (non-hydrogen) atoms. The molecular weight excluding hydrogens is 190 g/mol. The molecule has 0 fully saturated rings. The summed E-state index contributed by atoms with van der Waals surface area (Å²) in [4.78, 5) is 10.4. The molecule has 0 amide bonds. The molecule has 0 aliphatic rings. The molecule has 0 saturated heterocycles. The fourth-order valence-corrected chi connectivity index (χ4v) is 0.751. The summed E-state index contributed by atoms with van der Waals surface area (Å²) in [5.74, 6) is -0.788. The standard InChI is InChI=1S/C9H19NO2.ClH/c1-7(8(11)12)10-6-5-9(2,3)4;/h7,10H,5-6H2,1-4H3,(H,11,12);1H/t7-;/m0./s1. The van der Waals surface area contributed by atoms with Crippen LogP contribution in [0.2, 0.25) is 0 Å². The summed E-state index contributed by atoms with van der Waals surface area (Å²) in [6, 6.07) is -0.438. The zero-order chi connectivity index (χ0) is 9.78. The van der Waals surface area contributed by atoms with E-state index in [4.69, 9.17) is 5.11 Å². The Hall–Kier alpha value is -0.280. The number of halogens is 1. The van der Waals surface area contributed by atoms with Crippen molar-refractivity contribution in [2.45, 2.75) is 40.2 Å². The van der Waals surface area contributed by atoms with Crippen molar-refractivity contribution in [3.8, 4) is 0 Å². The van der Waals surface area contributed by atoms with Gasteiger partial charge in [-0.3, -0.25) is 4.79 Å². The molecule has 0 heterocycles. The molecule has 2 N–H and O–H groups in total. The van der Waals surface area contributed by atoms with Crippen LogP contribution in [0, 0.1) is 5.41 Å². The lowest BCUT2D eigenvalue weighted by Crippen LogP contribution is -2.35. The first kappa shape index (κ1) is 15.2. The topological polar surface area (TPSA) is 49.3 Å². The summed E-state index contributed by atoms with van der Waals surface area (Å²) in [6.07, 6.45) is 0.991. The number of hydrogen-bond donors (Lipinski definition) is 2. The van der Waals surface area contributed by atoms with E-state index in [1.807, 2.05) is 0 Å². The van der Waals surface area contributed by atoms with E-state index in [0.29, 0.717) is 0 Å². The summed E-state index contributed by atoms with van der Waals surface area (Å²) in [5.41, 5.74) is 0.269. The van der Waals surface area contributed by atoms with Gasteiger partial charge in [0.2, 0.25) is 0 Å². The zero-order valence-corrected chi connectivity index (χ0v) is 9.57. The summed E-state index contributed by atoms with van der Waals surface area (Å²) < 4.78 is 0. The van der Waals surface area contributed by atoms with Crippen LogP contribution in [0.25, 0.3) is 0 Å². The van der Waals surface area contributed by atoms with E-state index in [1.54, 1.807) is 6.92 Å². The third-order valence-electron chi connectivity index (χ3n) is 1.70. The van der Waals surface area contributed by atoms with Gasteiger partial charge in [-0.15, -0.1) is 12.4 Å². The van der Waals surface area contributed by atoms with Crippen LogP contribution in [0.15, 0.2) is 0 Å². The highest BCUT2D eigenvalue weighted by Gasteiger charge is 2.13. The van der Waals surface area contributed by atoms with E-state index < -0.39 is 12.0 Å². The SMILES string of the molecule is C[C@H](NCCC(C)(C)C)C(=O)O.Cl. The fraction of sp³-hybridized carbons (Fsp3) is 0.889. The Kier molecular flexibility index (Phi) is 7.27. The van der Waals surface area contributed by atoms with E-state index in [0.717, 1.165) is 13.0 Å². The first-order valence-electron chi connectivity index (χ1n) is 4.29. The molecule has 0 spiro atoms. The Morgan fingerprint density at radius 3 is 2.23 bits per heavy atom. The van der Waals surface area contributed by atoms with Gasteiger partial charge in [-0.1, -0.05) is 20.8 Å². The second-order valence-electron chi connectivity index (χ2n) is 4.32. The minimum atomic E-state index is -0.788. The van der Waals surface area contributed by atoms with Gasteiger partial charge in [0.1, 0.15) is 6.04 Å². The van der Waals surface area contributed by atoms with Crippen molar-refractivity contribution < 1.29 is 9.90 Å². The third-order valence-corrected chi connectivity index (χ3v) is 1.70. The summed E-state index contributed by atoms with van der Waals surface area (Å²) in [7, 11) is 0. The minimum Gasteiger partial charge on any atom is -0.480 e. The lowest BCUT2D eigenvalue weighted by molar-refractivity contribution is -0.139. The number of rotatable bonds is 4. The summed E-state index contributed by atoms with van der Waals surface area (Å²) in [6.45, 7) is 8.84. The normalized spacial score (nSPS) is 13.2. The number of aliphatic carboxylic acids is 1. The molecule has 1 atom stereocenters. The lowest BCUT2D eigenvalue weighted by atomic mass is 9.92. The van der Waals surface area contributed by atoms with Gasteiger partial charge in [-0.2, -0.15) is 0 Å². The maximum absolute atomic E-state index is 10.4. The molecular formula is C9H20ClNO2. The Morgan fingerprint density at radius 1 is 1.46 bits per heavy atom. The average Bonchev–Trinajstić information content (AvgIpc) is 1.84. The van der Waals surface area contributed by atoms with Crippen molar-refractivity contribution in [2.24, 2.45) is 5.41 Å². The van der Waals surface area contributed by atoms with Crippen LogP contribution in [-0.4, -0.2) is 23.7 Å². The fourth-order valence-electron chi connectivity index (χ4n) is 0.751. The van der Waals surface area contributed by atoms with Crippen molar-refractivity contribution in [3.63, 3.8) is 0 Å². The maximum atomic E-state index is 10.4. The molecule has 0 aromatic heterocycles. The van der Waals surface area contributed by atoms with Gasteiger partial charge >= 0.3 is 5.97 Å². The number of nitrogens with one attached hydrogen (secondary N) is 1. The summed E-state index contributed by atoms with van der Waals surface area (Å²) in [5, 5.41) is 11.5. The molecule has 0 radical (unpaired) electrons. The van der Waals surface area contributed by atoms with Crippen LogP contribution < -0.4 is 5.32 Å². The Bertz CT molecular complexity index is 154. The van der Waals surface area contributed by atoms with Crippen molar-refractivity contribution in [2.75, 3.05) is 6.54 Å². The van der Waals surface area contributed by atoms with Gasteiger partial charge in [0.05, 0.1) is 0 Å². The second kappa shape index (κ2) is 6.22. The third kappa shape index (κ3) is 9.64. The molecule has 0 aromatic rings. The van der Waals surface area contributed by atoms with Crippen molar-refractivity contribution in [1.29, 1.82) is 0 Å². The van der Waals surface area contributed by atoms with E-state index in [1.165, 1.54) is 0 Å². The predicted octanol–water partition coefficient (Wildman–Crippen LogP) is 1.91. The van der Waals surface area contributed by atoms with Crippen LogP contribution in [0.5, 0.6) is 0 Å². The highest BCUT2D eigenvalue weighted by molar-refractivity contribution is 5.85. The molecule has 0 aliphatic carbocycles. The zero-order valence-electron chi connectivity index (χ0n) is 8.76. The number of hydrogen-bond acceptors (Lipinski definition) is 2. The van der Waals surface area contributed by atoms with Crippen LogP contribution >= 0.6 is 12.4 Å². The molecule has 0 unspecified atom stereocenters. The van der Waals surface area contributed by atoms with Crippen LogP contribution in [-0.2, 0) is 4.79 Å². The average molecular weight is 210 g/mol. The van der Waals surface area contributed by atoms with Crippen LogP contribution in [0.4, 0.5) is 0 Å². The van der Waals surface area contributed by atoms with E-state index in [9.17, 15) is 4.79 Å². The highest BCUT2D eigenvalue weighted by atomic mass is 35.5. The molecule has 0 saturated carbocycles. The number of carbonyl (C=O) groups is 1. The molecule has 0 aliphatic heterocycles. The van der Waals surface area contributed by atoms with Crippen molar-refractivity contribution >= 4 is 18.4 Å². The van der Waals surface area contributed by atoms with Crippen molar-refractivity contribution in [1.82, 2.24) is 5.32 Å². The number of carboxylic acid groups (broad SMARTS) is 1. The van der Waals surface area contributed by atoms with Crippen molar-refractivity contribution in [3.05, 3.63) is 0 Å². The molecule has 80 valence electrons. The van der Waals surface area contributed by atoms with Crippen LogP contribution in [0.1, 0.15) is 34.1 Å². The Labute approximate surface area is 86.3 Å². The van der Waals surface area contributed by atoms with E-state index in [-0.39, 0.29) is 17.8 Å². The van der Waals surface area contributed by atoms with Gasteiger partial charge in [-0.05, 0) is 25.3 Å². The van der Waals surface area contributed by atoms with Gasteiger partial charge in [0.15, 0.2) is 0 Å². The molecule has 0 bridgehead atoms. The first-order valence-corrected chi connectivity index (χ1v) is 4.29.